The lowest BCUT2D eigenvalue weighted by Gasteiger charge is -2.48. The van der Waals surface area contributed by atoms with Crippen molar-refractivity contribution in [3.63, 3.8) is 0 Å². The van der Waals surface area contributed by atoms with Gasteiger partial charge in [0.2, 0.25) is 0 Å². The Morgan fingerprint density at radius 1 is 1.24 bits per heavy atom. The third kappa shape index (κ3) is 3.01. The molecule has 1 aliphatic carbocycles. The van der Waals surface area contributed by atoms with E-state index < -0.39 is 5.60 Å². The summed E-state index contributed by atoms with van der Waals surface area (Å²) < 4.78 is 5.36. The highest BCUT2D eigenvalue weighted by molar-refractivity contribution is 5.00. The first-order chi connectivity index (χ1) is 8.00. The van der Waals surface area contributed by atoms with E-state index in [1.165, 1.54) is 32.1 Å². The standard InChI is InChI=1S/C14H29NO2/c1-12(17-3)13(2,16)14(11-15)9-7-5-4-6-8-10-14/h12,16H,4-11,15H2,1-3H3. The molecule has 0 aromatic carbocycles. The van der Waals surface area contributed by atoms with Crippen molar-refractivity contribution < 1.29 is 9.84 Å². The van der Waals surface area contributed by atoms with Crippen LogP contribution >= 0.6 is 0 Å². The molecule has 3 N–H and O–H groups in total. The van der Waals surface area contributed by atoms with Crippen LogP contribution in [0.15, 0.2) is 0 Å². The van der Waals surface area contributed by atoms with Gasteiger partial charge in [0.15, 0.2) is 0 Å². The average Bonchev–Trinajstić information content (AvgIpc) is 2.28. The van der Waals surface area contributed by atoms with Crippen molar-refractivity contribution in [3.05, 3.63) is 0 Å². The van der Waals surface area contributed by atoms with Crippen molar-refractivity contribution in [1.82, 2.24) is 0 Å². The van der Waals surface area contributed by atoms with Gasteiger partial charge < -0.3 is 15.6 Å². The Kier molecular flexibility index (Phi) is 5.42. The third-order valence-corrected chi connectivity index (χ3v) is 4.92. The fourth-order valence-corrected chi connectivity index (χ4v) is 3.16. The molecule has 17 heavy (non-hydrogen) atoms. The first-order valence-corrected chi connectivity index (χ1v) is 6.95. The van der Waals surface area contributed by atoms with E-state index in [0.717, 1.165) is 12.8 Å². The molecule has 1 saturated carbocycles. The maximum absolute atomic E-state index is 10.9. The predicted molar refractivity (Wildman–Crippen MR) is 70.9 cm³/mol. The van der Waals surface area contributed by atoms with Crippen LogP contribution in [0.5, 0.6) is 0 Å². The van der Waals surface area contributed by atoms with Crippen LogP contribution < -0.4 is 5.73 Å². The molecule has 2 unspecified atom stereocenters. The lowest BCUT2D eigenvalue weighted by atomic mass is 9.63. The quantitative estimate of drug-likeness (QED) is 0.797. The lowest BCUT2D eigenvalue weighted by Crippen LogP contribution is -2.57. The van der Waals surface area contributed by atoms with E-state index in [-0.39, 0.29) is 11.5 Å². The van der Waals surface area contributed by atoms with E-state index in [4.69, 9.17) is 10.5 Å². The summed E-state index contributed by atoms with van der Waals surface area (Å²) in [6.07, 6.45) is 8.05. The summed E-state index contributed by atoms with van der Waals surface area (Å²) in [4.78, 5) is 0. The molecule has 0 aromatic heterocycles. The van der Waals surface area contributed by atoms with Crippen molar-refractivity contribution in [2.45, 2.75) is 70.5 Å². The summed E-state index contributed by atoms with van der Waals surface area (Å²) in [6.45, 7) is 4.39. The molecular weight excluding hydrogens is 214 g/mol. The Morgan fingerprint density at radius 3 is 2.12 bits per heavy atom. The molecule has 2 atom stereocenters. The van der Waals surface area contributed by atoms with Crippen LogP contribution in [0.2, 0.25) is 0 Å². The van der Waals surface area contributed by atoms with Crippen molar-refractivity contribution in [3.8, 4) is 0 Å². The molecule has 0 amide bonds. The van der Waals surface area contributed by atoms with Crippen molar-refractivity contribution in [2.75, 3.05) is 13.7 Å². The van der Waals surface area contributed by atoms with Gasteiger partial charge in [-0.25, -0.2) is 0 Å². The number of aliphatic hydroxyl groups is 1. The fraction of sp³-hybridized carbons (Fsp3) is 1.00. The molecule has 0 aromatic rings. The summed E-state index contributed by atoms with van der Waals surface area (Å²) in [7, 11) is 1.66. The Bertz CT molecular complexity index is 220. The van der Waals surface area contributed by atoms with E-state index in [2.05, 4.69) is 0 Å². The molecule has 0 aliphatic heterocycles. The zero-order chi connectivity index (χ0) is 12.9. The van der Waals surface area contributed by atoms with Crippen LogP contribution in [0.1, 0.15) is 58.8 Å². The second-order valence-corrected chi connectivity index (χ2v) is 5.78. The molecule has 0 bridgehead atoms. The Labute approximate surface area is 106 Å². The average molecular weight is 243 g/mol. The molecule has 1 rings (SSSR count). The van der Waals surface area contributed by atoms with Gasteiger partial charge >= 0.3 is 0 Å². The number of rotatable bonds is 4. The van der Waals surface area contributed by atoms with Gasteiger partial charge in [0.05, 0.1) is 11.7 Å². The van der Waals surface area contributed by atoms with Crippen LogP contribution in [-0.2, 0) is 4.74 Å². The number of nitrogens with two attached hydrogens (primary N) is 1. The minimum absolute atomic E-state index is 0.175. The topological polar surface area (TPSA) is 55.5 Å². The third-order valence-electron chi connectivity index (χ3n) is 4.92. The molecule has 0 radical (unpaired) electrons. The van der Waals surface area contributed by atoms with Crippen molar-refractivity contribution in [1.29, 1.82) is 0 Å². The maximum atomic E-state index is 10.9. The Balaban J connectivity index is 2.90. The van der Waals surface area contributed by atoms with Crippen LogP contribution in [-0.4, -0.2) is 30.5 Å². The highest BCUT2D eigenvalue weighted by Gasteiger charge is 2.48. The molecule has 0 saturated heterocycles. The molecule has 1 fully saturated rings. The summed E-state index contributed by atoms with van der Waals surface area (Å²) in [5.41, 5.74) is 5.00. The highest BCUT2D eigenvalue weighted by Crippen LogP contribution is 2.44. The van der Waals surface area contributed by atoms with Crippen LogP contribution in [0, 0.1) is 5.41 Å². The van der Waals surface area contributed by atoms with Gasteiger partial charge in [-0.2, -0.15) is 0 Å². The van der Waals surface area contributed by atoms with Crippen molar-refractivity contribution >= 4 is 0 Å². The van der Waals surface area contributed by atoms with Crippen LogP contribution in [0.3, 0.4) is 0 Å². The first-order valence-electron chi connectivity index (χ1n) is 6.95. The Hall–Kier alpha value is -0.120. The summed E-state index contributed by atoms with van der Waals surface area (Å²) in [5.74, 6) is 0. The second kappa shape index (κ2) is 6.17. The number of methoxy groups -OCH3 is 1. The number of ether oxygens (including phenoxy) is 1. The molecule has 3 nitrogen and oxygen atoms in total. The second-order valence-electron chi connectivity index (χ2n) is 5.78. The van der Waals surface area contributed by atoms with Gasteiger partial charge in [0, 0.05) is 19.1 Å². The maximum Gasteiger partial charge on any atom is 0.0945 e. The number of hydrogen-bond acceptors (Lipinski definition) is 3. The summed E-state index contributed by atoms with van der Waals surface area (Å²) in [6, 6.07) is 0. The van der Waals surface area contributed by atoms with E-state index in [1.54, 1.807) is 7.11 Å². The largest absolute Gasteiger partial charge is 0.387 e. The fourth-order valence-electron chi connectivity index (χ4n) is 3.16. The lowest BCUT2D eigenvalue weighted by molar-refractivity contribution is -0.157. The Morgan fingerprint density at radius 2 is 1.71 bits per heavy atom. The molecule has 0 heterocycles. The predicted octanol–water partition coefficient (Wildman–Crippen LogP) is 2.46. The minimum atomic E-state index is -0.839. The van der Waals surface area contributed by atoms with E-state index in [1.807, 2.05) is 13.8 Å². The normalized spacial score (nSPS) is 26.6. The van der Waals surface area contributed by atoms with Gasteiger partial charge in [-0.1, -0.05) is 32.1 Å². The van der Waals surface area contributed by atoms with Crippen LogP contribution in [0.25, 0.3) is 0 Å². The van der Waals surface area contributed by atoms with E-state index in [9.17, 15) is 5.11 Å². The van der Waals surface area contributed by atoms with Gasteiger partial charge in [-0.15, -0.1) is 0 Å². The summed E-state index contributed by atoms with van der Waals surface area (Å²) in [5, 5.41) is 10.9. The highest BCUT2D eigenvalue weighted by atomic mass is 16.5. The first kappa shape index (κ1) is 14.9. The smallest absolute Gasteiger partial charge is 0.0945 e. The van der Waals surface area contributed by atoms with Gasteiger partial charge in [0.25, 0.3) is 0 Å². The summed E-state index contributed by atoms with van der Waals surface area (Å²) >= 11 is 0. The monoisotopic (exact) mass is 243 g/mol. The molecule has 0 spiro atoms. The number of hydrogen-bond donors (Lipinski definition) is 2. The minimum Gasteiger partial charge on any atom is -0.387 e. The van der Waals surface area contributed by atoms with Gasteiger partial charge in [-0.05, 0) is 26.7 Å². The van der Waals surface area contributed by atoms with E-state index in [0.29, 0.717) is 6.54 Å². The zero-order valence-corrected chi connectivity index (χ0v) is 11.7. The molecule has 102 valence electrons. The molecular formula is C14H29NO2. The van der Waals surface area contributed by atoms with E-state index >= 15 is 0 Å². The van der Waals surface area contributed by atoms with Gasteiger partial charge in [0.1, 0.15) is 0 Å². The van der Waals surface area contributed by atoms with Crippen molar-refractivity contribution in [2.24, 2.45) is 11.1 Å². The molecule has 1 aliphatic rings. The molecule has 3 heteroatoms. The zero-order valence-electron chi connectivity index (χ0n) is 11.7. The van der Waals surface area contributed by atoms with Crippen LogP contribution in [0.4, 0.5) is 0 Å². The SMILES string of the molecule is COC(C)C(C)(O)C1(CN)CCCCCCC1. The van der Waals surface area contributed by atoms with Gasteiger partial charge in [-0.3, -0.25) is 0 Å².